The fourth-order valence-electron chi connectivity index (χ4n) is 3.86. The third kappa shape index (κ3) is 2.79. The van der Waals surface area contributed by atoms with Gasteiger partial charge in [0, 0.05) is 32.0 Å². The molecule has 2 N–H and O–H groups in total. The van der Waals surface area contributed by atoms with Crippen molar-refractivity contribution in [2.24, 2.45) is 0 Å². The second-order valence-corrected chi connectivity index (χ2v) is 8.82. The molecule has 1 aromatic heterocycles. The first-order chi connectivity index (χ1) is 11.5. The number of hydrogen-bond acceptors (Lipinski definition) is 4. The van der Waals surface area contributed by atoms with Gasteiger partial charge in [0.2, 0.25) is 9.84 Å². The zero-order valence-electron chi connectivity index (χ0n) is 13.5. The largest absolute Gasteiger partial charge is 0.390 e. The Labute approximate surface area is 142 Å². The van der Waals surface area contributed by atoms with E-state index < -0.39 is 9.84 Å². The number of nitrogens with one attached hydrogen (secondary N) is 1. The van der Waals surface area contributed by atoms with Gasteiger partial charge in [0.25, 0.3) is 0 Å². The topological polar surface area (TPSA) is 73.4 Å². The third-order valence-electron chi connectivity index (χ3n) is 5.16. The number of aromatic nitrogens is 1. The van der Waals surface area contributed by atoms with Crippen LogP contribution in [-0.4, -0.2) is 49.1 Å². The normalized spacial score (nSPS) is 22.1. The van der Waals surface area contributed by atoms with Gasteiger partial charge in [0.05, 0.1) is 15.9 Å². The lowest BCUT2D eigenvalue weighted by molar-refractivity contribution is -0.00206. The quantitative estimate of drug-likeness (QED) is 0.887. The summed E-state index contributed by atoms with van der Waals surface area (Å²) in [4.78, 5) is 5.77. The number of fused-ring (bicyclic) bond motifs is 1. The van der Waals surface area contributed by atoms with Crippen LogP contribution in [0.1, 0.15) is 29.9 Å². The third-order valence-corrected chi connectivity index (χ3v) is 6.91. The minimum atomic E-state index is -3.45. The average molecular weight is 346 g/mol. The molecule has 5 nitrogen and oxygen atoms in total. The van der Waals surface area contributed by atoms with E-state index >= 15 is 0 Å². The van der Waals surface area contributed by atoms with Crippen molar-refractivity contribution in [2.75, 3.05) is 19.6 Å². The number of aliphatic hydroxyl groups is 1. The summed E-state index contributed by atoms with van der Waals surface area (Å²) in [6.07, 6.45) is 6.12. The Balaban J connectivity index is 1.61. The van der Waals surface area contributed by atoms with Crippen LogP contribution in [0, 0.1) is 0 Å². The van der Waals surface area contributed by atoms with Crippen molar-refractivity contribution in [3.05, 3.63) is 47.8 Å². The lowest BCUT2D eigenvalue weighted by atomic mass is 9.82. The highest BCUT2D eigenvalue weighted by atomic mass is 32.2. The Morgan fingerprint density at radius 1 is 1.21 bits per heavy atom. The average Bonchev–Trinajstić information content (AvgIpc) is 3.08. The van der Waals surface area contributed by atoms with E-state index in [1.807, 2.05) is 12.1 Å². The summed E-state index contributed by atoms with van der Waals surface area (Å²) in [7, 11) is -3.45. The maximum absolute atomic E-state index is 12.7. The summed E-state index contributed by atoms with van der Waals surface area (Å²) in [6.45, 7) is 2.46. The molecule has 4 rings (SSSR count). The van der Waals surface area contributed by atoms with E-state index in [1.54, 1.807) is 18.3 Å². The lowest BCUT2D eigenvalue weighted by Gasteiger charge is -2.39. The Kier molecular flexibility index (Phi) is 3.98. The van der Waals surface area contributed by atoms with Gasteiger partial charge in [-0.2, -0.15) is 0 Å². The van der Waals surface area contributed by atoms with Gasteiger partial charge in [-0.25, -0.2) is 8.42 Å². The van der Waals surface area contributed by atoms with E-state index in [2.05, 4.69) is 9.88 Å². The van der Waals surface area contributed by atoms with Crippen molar-refractivity contribution in [2.45, 2.75) is 41.1 Å². The van der Waals surface area contributed by atoms with Crippen LogP contribution in [0.3, 0.4) is 0 Å². The highest BCUT2D eigenvalue weighted by Gasteiger charge is 2.30. The van der Waals surface area contributed by atoms with Crippen molar-refractivity contribution < 1.29 is 13.5 Å². The van der Waals surface area contributed by atoms with Crippen molar-refractivity contribution in [1.29, 1.82) is 0 Å². The molecule has 0 saturated carbocycles. The van der Waals surface area contributed by atoms with E-state index in [1.165, 1.54) is 11.8 Å². The molecule has 2 aliphatic rings. The molecule has 24 heavy (non-hydrogen) atoms. The number of nitrogens with zero attached hydrogens (tertiary/aromatic N) is 1. The highest BCUT2D eigenvalue weighted by molar-refractivity contribution is 7.91. The molecule has 1 aromatic carbocycles. The molecule has 0 bridgehead atoms. The first kappa shape index (κ1) is 15.9. The molecule has 6 heteroatoms. The van der Waals surface area contributed by atoms with Crippen LogP contribution in [-0.2, 0) is 16.3 Å². The summed E-state index contributed by atoms with van der Waals surface area (Å²) in [6, 6.07) is 7.18. The number of benzene rings is 1. The SMILES string of the molecule is O=S(=O)(c1cc[nH]c1)c1ccc2c(c1)CCCC2CN1CC(O)C1. The molecule has 0 spiro atoms. The van der Waals surface area contributed by atoms with Gasteiger partial charge in [-0.05, 0) is 54.5 Å². The highest BCUT2D eigenvalue weighted by Crippen LogP contribution is 2.35. The van der Waals surface area contributed by atoms with Gasteiger partial charge < -0.3 is 10.1 Å². The zero-order valence-corrected chi connectivity index (χ0v) is 14.3. The smallest absolute Gasteiger partial charge is 0.208 e. The Morgan fingerprint density at radius 3 is 2.75 bits per heavy atom. The molecule has 1 unspecified atom stereocenters. The van der Waals surface area contributed by atoms with E-state index in [-0.39, 0.29) is 6.10 Å². The Morgan fingerprint density at radius 2 is 2.04 bits per heavy atom. The fraction of sp³-hybridized carbons (Fsp3) is 0.444. The number of aryl methyl sites for hydroxylation is 1. The van der Waals surface area contributed by atoms with Gasteiger partial charge in [0.1, 0.15) is 0 Å². The summed E-state index contributed by atoms with van der Waals surface area (Å²) in [5.41, 5.74) is 2.43. The molecule has 0 radical (unpaired) electrons. The Bertz CT molecular complexity index is 824. The molecule has 1 aliphatic heterocycles. The minimum absolute atomic E-state index is 0.179. The number of β-amino-alcohol motifs (C(OH)–C–C–N with tert-alkyl or cyclic N) is 1. The van der Waals surface area contributed by atoms with Crippen LogP contribution < -0.4 is 0 Å². The van der Waals surface area contributed by atoms with E-state index in [4.69, 9.17) is 0 Å². The molecule has 1 atom stereocenters. The van der Waals surface area contributed by atoms with Crippen LogP contribution in [0.4, 0.5) is 0 Å². The van der Waals surface area contributed by atoms with Gasteiger partial charge in [-0.15, -0.1) is 0 Å². The molecule has 2 aromatic rings. The number of aliphatic hydroxyl groups excluding tert-OH is 1. The molecule has 2 heterocycles. The molecular weight excluding hydrogens is 324 g/mol. The molecule has 1 aliphatic carbocycles. The molecule has 128 valence electrons. The monoisotopic (exact) mass is 346 g/mol. The number of H-pyrrole nitrogens is 1. The predicted octanol–water partition coefficient (Wildman–Crippen LogP) is 1.94. The van der Waals surface area contributed by atoms with Crippen LogP contribution in [0.25, 0.3) is 0 Å². The van der Waals surface area contributed by atoms with Crippen molar-refractivity contribution in [1.82, 2.24) is 9.88 Å². The Hall–Kier alpha value is -1.63. The maximum Gasteiger partial charge on any atom is 0.208 e. The number of rotatable bonds is 4. The molecular formula is C18H22N2O3S. The van der Waals surface area contributed by atoms with E-state index in [0.717, 1.165) is 44.5 Å². The van der Waals surface area contributed by atoms with Crippen molar-refractivity contribution in [3.8, 4) is 0 Å². The fourth-order valence-corrected chi connectivity index (χ4v) is 5.15. The summed E-state index contributed by atoms with van der Waals surface area (Å²) < 4.78 is 25.4. The zero-order chi connectivity index (χ0) is 16.7. The number of hydrogen-bond donors (Lipinski definition) is 2. The minimum Gasteiger partial charge on any atom is -0.390 e. The molecule has 1 saturated heterocycles. The van der Waals surface area contributed by atoms with E-state index in [0.29, 0.717) is 15.7 Å². The second-order valence-electron chi connectivity index (χ2n) is 6.87. The van der Waals surface area contributed by atoms with Crippen molar-refractivity contribution >= 4 is 9.84 Å². The predicted molar refractivity (Wildman–Crippen MR) is 90.8 cm³/mol. The first-order valence-electron chi connectivity index (χ1n) is 8.45. The number of likely N-dealkylation sites (tertiary alicyclic amines) is 1. The van der Waals surface area contributed by atoms with Crippen LogP contribution in [0.2, 0.25) is 0 Å². The van der Waals surface area contributed by atoms with Crippen LogP contribution in [0.5, 0.6) is 0 Å². The van der Waals surface area contributed by atoms with Gasteiger partial charge in [0.15, 0.2) is 0 Å². The summed E-state index contributed by atoms with van der Waals surface area (Å²) in [5, 5.41) is 9.45. The molecule has 1 fully saturated rings. The van der Waals surface area contributed by atoms with Crippen molar-refractivity contribution in [3.63, 3.8) is 0 Å². The summed E-state index contributed by atoms with van der Waals surface area (Å²) >= 11 is 0. The van der Waals surface area contributed by atoms with E-state index in [9.17, 15) is 13.5 Å². The number of aromatic amines is 1. The number of sulfone groups is 1. The summed E-state index contributed by atoms with van der Waals surface area (Å²) in [5.74, 6) is 0.435. The van der Waals surface area contributed by atoms with Crippen LogP contribution in [0.15, 0.2) is 46.5 Å². The molecule has 0 amide bonds. The van der Waals surface area contributed by atoms with Crippen LogP contribution >= 0.6 is 0 Å². The standard InChI is InChI=1S/C18H22N2O3S/c21-15-11-20(12-15)10-14-3-1-2-13-8-16(4-5-18(13)14)24(22,23)17-6-7-19-9-17/h4-9,14-15,19,21H,1-3,10-12H2. The van der Waals surface area contributed by atoms with Gasteiger partial charge in [-0.1, -0.05) is 6.07 Å². The lowest BCUT2D eigenvalue weighted by Crippen LogP contribution is -2.52. The second kappa shape index (κ2) is 6.02. The first-order valence-corrected chi connectivity index (χ1v) is 9.93. The van der Waals surface area contributed by atoms with Gasteiger partial charge in [-0.3, -0.25) is 4.90 Å². The van der Waals surface area contributed by atoms with Gasteiger partial charge >= 0.3 is 0 Å². The maximum atomic E-state index is 12.7.